The largest absolute Gasteiger partial charge is 0.338 e. The van der Waals surface area contributed by atoms with Crippen LogP contribution in [0.5, 0.6) is 0 Å². The molecule has 0 unspecified atom stereocenters. The van der Waals surface area contributed by atoms with Crippen molar-refractivity contribution < 1.29 is 9.32 Å². The molecule has 0 atom stereocenters. The molecule has 0 fully saturated rings. The van der Waals surface area contributed by atoms with E-state index in [4.69, 9.17) is 4.52 Å². The van der Waals surface area contributed by atoms with Crippen molar-refractivity contribution in [2.75, 3.05) is 11.1 Å². The van der Waals surface area contributed by atoms with Crippen LogP contribution in [-0.2, 0) is 10.2 Å². The molecule has 0 aliphatic rings. The Morgan fingerprint density at radius 1 is 1.28 bits per heavy atom. The van der Waals surface area contributed by atoms with Crippen LogP contribution in [0.2, 0.25) is 0 Å². The molecular weight excluding hydrogens is 340 g/mol. The van der Waals surface area contributed by atoms with Crippen LogP contribution in [0.15, 0.2) is 46.1 Å². The SMILES string of the molecule is CC(C)(C)c1cc(NC(=O)CSc2nnnn2-c2ccccc2)on1. The van der Waals surface area contributed by atoms with Gasteiger partial charge in [0.1, 0.15) is 0 Å². The van der Waals surface area contributed by atoms with E-state index < -0.39 is 0 Å². The van der Waals surface area contributed by atoms with Gasteiger partial charge in [0.25, 0.3) is 0 Å². The van der Waals surface area contributed by atoms with Gasteiger partial charge in [0.2, 0.25) is 16.9 Å². The van der Waals surface area contributed by atoms with E-state index in [9.17, 15) is 4.79 Å². The topological polar surface area (TPSA) is 98.7 Å². The molecule has 0 saturated carbocycles. The predicted molar refractivity (Wildman–Crippen MR) is 93.7 cm³/mol. The molecule has 0 spiro atoms. The lowest BCUT2D eigenvalue weighted by atomic mass is 9.92. The van der Waals surface area contributed by atoms with E-state index in [0.29, 0.717) is 11.0 Å². The zero-order chi connectivity index (χ0) is 17.9. The first-order chi connectivity index (χ1) is 11.9. The van der Waals surface area contributed by atoms with Gasteiger partial charge in [-0.25, -0.2) is 0 Å². The van der Waals surface area contributed by atoms with Gasteiger partial charge in [0.05, 0.1) is 17.1 Å². The van der Waals surface area contributed by atoms with Crippen molar-refractivity contribution in [3.8, 4) is 5.69 Å². The molecule has 2 heterocycles. The number of aromatic nitrogens is 5. The van der Waals surface area contributed by atoms with Gasteiger partial charge in [-0.05, 0) is 22.6 Å². The van der Waals surface area contributed by atoms with E-state index >= 15 is 0 Å². The molecule has 1 amide bonds. The van der Waals surface area contributed by atoms with Crippen LogP contribution in [0.25, 0.3) is 5.69 Å². The molecule has 1 N–H and O–H groups in total. The average molecular weight is 358 g/mol. The van der Waals surface area contributed by atoms with Crippen LogP contribution in [0.3, 0.4) is 0 Å². The number of anilines is 1. The summed E-state index contributed by atoms with van der Waals surface area (Å²) in [5, 5.41) is 18.8. The fourth-order valence-electron chi connectivity index (χ4n) is 1.99. The predicted octanol–water partition coefficient (Wildman–Crippen LogP) is 2.68. The number of amides is 1. The molecule has 3 aromatic rings. The minimum Gasteiger partial charge on any atom is -0.338 e. The van der Waals surface area contributed by atoms with Crippen molar-refractivity contribution in [1.82, 2.24) is 25.4 Å². The Morgan fingerprint density at radius 3 is 2.72 bits per heavy atom. The molecule has 8 nitrogen and oxygen atoms in total. The number of carbonyl (C=O) groups is 1. The monoisotopic (exact) mass is 358 g/mol. The summed E-state index contributed by atoms with van der Waals surface area (Å²) in [7, 11) is 0. The number of thioether (sulfide) groups is 1. The van der Waals surface area contributed by atoms with E-state index in [1.807, 2.05) is 51.1 Å². The molecule has 0 radical (unpaired) electrons. The van der Waals surface area contributed by atoms with Gasteiger partial charge < -0.3 is 4.52 Å². The maximum absolute atomic E-state index is 12.1. The molecule has 1 aromatic carbocycles. The smallest absolute Gasteiger partial charge is 0.237 e. The van der Waals surface area contributed by atoms with Gasteiger partial charge in [-0.2, -0.15) is 4.68 Å². The molecule has 130 valence electrons. The van der Waals surface area contributed by atoms with Crippen molar-refractivity contribution in [3.63, 3.8) is 0 Å². The van der Waals surface area contributed by atoms with Gasteiger partial charge in [-0.15, -0.1) is 5.10 Å². The standard InChI is InChI=1S/C16H18N6O2S/c1-16(2,3)12-9-14(24-19-12)17-13(23)10-25-15-18-20-21-22(15)11-7-5-4-6-8-11/h4-9H,10H2,1-3H3,(H,17,23). The van der Waals surface area contributed by atoms with Gasteiger partial charge in [0.15, 0.2) is 0 Å². The van der Waals surface area contributed by atoms with E-state index in [-0.39, 0.29) is 17.1 Å². The van der Waals surface area contributed by atoms with Crippen LogP contribution in [-0.4, -0.2) is 37.0 Å². The zero-order valence-electron chi connectivity index (χ0n) is 14.1. The summed E-state index contributed by atoms with van der Waals surface area (Å²) in [6.45, 7) is 6.07. The summed E-state index contributed by atoms with van der Waals surface area (Å²) in [6.07, 6.45) is 0. The number of hydrogen-bond donors (Lipinski definition) is 1. The number of tetrazole rings is 1. The fraction of sp³-hybridized carbons (Fsp3) is 0.312. The Balaban J connectivity index is 1.60. The zero-order valence-corrected chi connectivity index (χ0v) is 14.9. The highest BCUT2D eigenvalue weighted by Gasteiger charge is 2.20. The Kier molecular flexibility index (Phi) is 4.84. The molecule has 2 aromatic heterocycles. The molecule has 0 saturated heterocycles. The van der Waals surface area contributed by atoms with Crippen LogP contribution >= 0.6 is 11.8 Å². The van der Waals surface area contributed by atoms with Crippen LogP contribution in [0.4, 0.5) is 5.88 Å². The van der Waals surface area contributed by atoms with Gasteiger partial charge in [-0.3, -0.25) is 10.1 Å². The summed E-state index contributed by atoms with van der Waals surface area (Å²) in [5.41, 5.74) is 1.47. The average Bonchev–Trinajstić information content (AvgIpc) is 3.22. The third-order valence-electron chi connectivity index (χ3n) is 3.32. The number of rotatable bonds is 5. The second kappa shape index (κ2) is 7.06. The van der Waals surface area contributed by atoms with E-state index in [1.165, 1.54) is 11.8 Å². The summed E-state index contributed by atoms with van der Waals surface area (Å²) in [4.78, 5) is 12.1. The minimum atomic E-state index is -0.218. The van der Waals surface area contributed by atoms with Crippen LogP contribution in [0.1, 0.15) is 26.5 Å². The van der Waals surface area contributed by atoms with Crippen molar-refractivity contribution >= 4 is 23.6 Å². The first kappa shape index (κ1) is 17.2. The number of carbonyl (C=O) groups excluding carboxylic acids is 1. The Morgan fingerprint density at radius 2 is 2.04 bits per heavy atom. The Hall–Kier alpha value is -2.68. The molecule has 0 bridgehead atoms. The molecule has 3 rings (SSSR count). The number of nitrogens with zero attached hydrogens (tertiary/aromatic N) is 5. The maximum Gasteiger partial charge on any atom is 0.237 e. The van der Waals surface area contributed by atoms with Gasteiger partial charge in [-0.1, -0.05) is 55.9 Å². The Bertz CT molecular complexity index is 853. The molecule has 0 aliphatic heterocycles. The third-order valence-corrected chi connectivity index (χ3v) is 4.23. The Labute approximate surface area is 149 Å². The lowest BCUT2D eigenvalue weighted by molar-refractivity contribution is -0.113. The highest BCUT2D eigenvalue weighted by Crippen LogP contribution is 2.24. The third kappa shape index (κ3) is 4.24. The van der Waals surface area contributed by atoms with E-state index in [1.54, 1.807) is 10.7 Å². The lowest BCUT2D eigenvalue weighted by Crippen LogP contribution is -2.14. The quantitative estimate of drug-likeness (QED) is 0.700. The number of benzene rings is 1. The second-order valence-corrected chi connectivity index (χ2v) is 7.31. The van der Waals surface area contributed by atoms with E-state index in [2.05, 4.69) is 26.0 Å². The molecule has 9 heteroatoms. The highest BCUT2D eigenvalue weighted by atomic mass is 32.2. The maximum atomic E-state index is 12.1. The molecule has 0 aliphatic carbocycles. The van der Waals surface area contributed by atoms with Gasteiger partial charge in [0, 0.05) is 11.5 Å². The first-order valence-electron chi connectivity index (χ1n) is 7.67. The molecular formula is C16H18N6O2S. The van der Waals surface area contributed by atoms with Crippen LogP contribution < -0.4 is 5.32 Å². The lowest BCUT2D eigenvalue weighted by Gasteiger charge is -2.12. The summed E-state index contributed by atoms with van der Waals surface area (Å²) < 4.78 is 6.74. The fourth-order valence-corrected chi connectivity index (χ4v) is 2.68. The first-order valence-corrected chi connectivity index (χ1v) is 8.66. The normalized spacial score (nSPS) is 11.5. The van der Waals surface area contributed by atoms with Crippen molar-refractivity contribution in [3.05, 3.63) is 42.1 Å². The van der Waals surface area contributed by atoms with Crippen molar-refractivity contribution in [2.45, 2.75) is 31.3 Å². The van der Waals surface area contributed by atoms with Crippen LogP contribution in [0, 0.1) is 0 Å². The summed E-state index contributed by atoms with van der Waals surface area (Å²) >= 11 is 1.24. The number of hydrogen-bond acceptors (Lipinski definition) is 7. The van der Waals surface area contributed by atoms with Crippen molar-refractivity contribution in [2.24, 2.45) is 0 Å². The summed E-state index contributed by atoms with van der Waals surface area (Å²) in [6, 6.07) is 11.2. The van der Waals surface area contributed by atoms with E-state index in [0.717, 1.165) is 11.4 Å². The van der Waals surface area contributed by atoms with Crippen molar-refractivity contribution in [1.29, 1.82) is 0 Å². The number of nitrogens with one attached hydrogen (secondary N) is 1. The number of para-hydroxylation sites is 1. The van der Waals surface area contributed by atoms with Gasteiger partial charge >= 0.3 is 0 Å². The molecule has 25 heavy (non-hydrogen) atoms. The minimum absolute atomic E-state index is 0.140. The summed E-state index contributed by atoms with van der Waals surface area (Å²) in [5.74, 6) is 0.265. The second-order valence-electron chi connectivity index (χ2n) is 6.37. The highest BCUT2D eigenvalue weighted by molar-refractivity contribution is 7.99.